The van der Waals surface area contributed by atoms with Gasteiger partial charge < -0.3 is 15.0 Å². The summed E-state index contributed by atoms with van der Waals surface area (Å²) in [6.45, 7) is 5.66. The molecule has 0 spiro atoms. The molecule has 2 saturated heterocycles. The van der Waals surface area contributed by atoms with Crippen molar-refractivity contribution in [1.82, 2.24) is 10.2 Å². The van der Waals surface area contributed by atoms with Crippen molar-refractivity contribution < 1.29 is 4.74 Å². The molecule has 2 heterocycles. The van der Waals surface area contributed by atoms with Gasteiger partial charge in [-0.25, -0.2) is 0 Å². The summed E-state index contributed by atoms with van der Waals surface area (Å²) >= 11 is 0. The van der Waals surface area contributed by atoms with Gasteiger partial charge in [0.25, 0.3) is 0 Å². The lowest BCUT2D eigenvalue weighted by molar-refractivity contribution is 0.0645. The number of nitrogens with zero attached hydrogens (tertiary/aromatic N) is 1. The molecule has 2 fully saturated rings. The van der Waals surface area contributed by atoms with E-state index in [0.717, 1.165) is 25.2 Å². The van der Waals surface area contributed by atoms with E-state index in [2.05, 4.69) is 17.3 Å². The van der Waals surface area contributed by atoms with E-state index in [1.807, 2.05) is 0 Å². The first kappa shape index (κ1) is 11.4. The maximum Gasteiger partial charge on any atom is 0.0469 e. The average molecular weight is 212 g/mol. The van der Waals surface area contributed by atoms with E-state index >= 15 is 0 Å². The van der Waals surface area contributed by atoms with Crippen LogP contribution in [0.3, 0.4) is 0 Å². The van der Waals surface area contributed by atoms with Gasteiger partial charge in [0.1, 0.15) is 0 Å². The lowest BCUT2D eigenvalue weighted by Gasteiger charge is -2.31. The molecule has 2 aliphatic heterocycles. The fourth-order valence-electron chi connectivity index (χ4n) is 2.50. The predicted octanol–water partition coefficient (Wildman–Crippen LogP) is 1.10. The van der Waals surface area contributed by atoms with Crippen molar-refractivity contribution in [3.05, 3.63) is 0 Å². The summed E-state index contributed by atoms with van der Waals surface area (Å²) in [5.41, 5.74) is 0. The minimum Gasteiger partial charge on any atom is -0.381 e. The van der Waals surface area contributed by atoms with Crippen LogP contribution in [0.15, 0.2) is 0 Å². The highest BCUT2D eigenvalue weighted by Crippen LogP contribution is 2.15. The summed E-state index contributed by atoms with van der Waals surface area (Å²) in [5.74, 6) is 0.860. The van der Waals surface area contributed by atoms with Gasteiger partial charge in [-0.3, -0.25) is 0 Å². The second-order valence-corrected chi connectivity index (χ2v) is 5.04. The monoisotopic (exact) mass is 212 g/mol. The number of hydrogen-bond donors (Lipinski definition) is 1. The molecule has 0 atom stereocenters. The molecule has 2 aliphatic rings. The van der Waals surface area contributed by atoms with Crippen molar-refractivity contribution >= 4 is 0 Å². The SMILES string of the molecule is CN1CCC(NCC2CCOCC2)CC1. The Kier molecular flexibility index (Phi) is 4.42. The van der Waals surface area contributed by atoms with Crippen LogP contribution in [0, 0.1) is 5.92 Å². The third kappa shape index (κ3) is 3.74. The summed E-state index contributed by atoms with van der Waals surface area (Å²) in [5, 5.41) is 3.73. The van der Waals surface area contributed by atoms with Gasteiger partial charge in [0.2, 0.25) is 0 Å². The Hall–Kier alpha value is -0.120. The van der Waals surface area contributed by atoms with Gasteiger partial charge in [0.05, 0.1) is 0 Å². The fraction of sp³-hybridized carbons (Fsp3) is 1.00. The molecule has 0 bridgehead atoms. The van der Waals surface area contributed by atoms with E-state index in [-0.39, 0.29) is 0 Å². The van der Waals surface area contributed by atoms with Gasteiger partial charge in [0.15, 0.2) is 0 Å². The Balaban J connectivity index is 1.60. The zero-order valence-electron chi connectivity index (χ0n) is 9.87. The van der Waals surface area contributed by atoms with Crippen molar-refractivity contribution in [3.63, 3.8) is 0 Å². The zero-order chi connectivity index (χ0) is 10.5. The zero-order valence-corrected chi connectivity index (χ0v) is 9.87. The standard InChI is InChI=1S/C12H24N2O/c1-14-6-2-12(3-7-14)13-10-11-4-8-15-9-5-11/h11-13H,2-10H2,1H3. The highest BCUT2D eigenvalue weighted by molar-refractivity contribution is 4.77. The second-order valence-electron chi connectivity index (χ2n) is 5.04. The molecule has 0 amide bonds. The van der Waals surface area contributed by atoms with Crippen molar-refractivity contribution in [2.75, 3.05) is 39.9 Å². The van der Waals surface area contributed by atoms with Crippen LogP contribution in [0.1, 0.15) is 25.7 Å². The Labute approximate surface area is 93.2 Å². The number of hydrogen-bond acceptors (Lipinski definition) is 3. The first-order chi connectivity index (χ1) is 7.34. The topological polar surface area (TPSA) is 24.5 Å². The molecule has 1 N–H and O–H groups in total. The van der Waals surface area contributed by atoms with Gasteiger partial charge in [0, 0.05) is 19.3 Å². The van der Waals surface area contributed by atoms with E-state index in [4.69, 9.17) is 4.74 Å². The molecule has 3 heteroatoms. The highest BCUT2D eigenvalue weighted by atomic mass is 16.5. The molecule has 0 aromatic rings. The summed E-state index contributed by atoms with van der Waals surface area (Å²) in [6, 6.07) is 0.768. The van der Waals surface area contributed by atoms with Crippen LogP contribution in [-0.2, 0) is 4.74 Å². The maximum atomic E-state index is 5.37. The van der Waals surface area contributed by atoms with Crippen molar-refractivity contribution in [2.24, 2.45) is 5.92 Å². The lowest BCUT2D eigenvalue weighted by atomic mass is 9.98. The molecule has 15 heavy (non-hydrogen) atoms. The molecule has 0 radical (unpaired) electrons. The molecule has 0 unspecified atom stereocenters. The minimum atomic E-state index is 0.768. The number of rotatable bonds is 3. The average Bonchev–Trinajstić information content (AvgIpc) is 2.30. The molecule has 2 rings (SSSR count). The number of ether oxygens (including phenoxy) is 1. The van der Waals surface area contributed by atoms with E-state index < -0.39 is 0 Å². The summed E-state index contributed by atoms with van der Waals surface area (Å²) in [4.78, 5) is 2.42. The van der Waals surface area contributed by atoms with Crippen LogP contribution in [-0.4, -0.2) is 50.8 Å². The van der Waals surface area contributed by atoms with E-state index in [0.29, 0.717) is 0 Å². The summed E-state index contributed by atoms with van der Waals surface area (Å²) in [6.07, 6.45) is 5.14. The minimum absolute atomic E-state index is 0.768. The second kappa shape index (κ2) is 5.83. The smallest absolute Gasteiger partial charge is 0.0469 e. The number of piperidine rings is 1. The summed E-state index contributed by atoms with van der Waals surface area (Å²) in [7, 11) is 2.22. The lowest BCUT2D eigenvalue weighted by Crippen LogP contribution is -2.43. The van der Waals surface area contributed by atoms with Crippen LogP contribution in [0.25, 0.3) is 0 Å². The van der Waals surface area contributed by atoms with Gasteiger partial charge >= 0.3 is 0 Å². The Morgan fingerprint density at radius 3 is 2.47 bits per heavy atom. The third-order valence-electron chi connectivity index (χ3n) is 3.75. The molecule has 3 nitrogen and oxygen atoms in total. The van der Waals surface area contributed by atoms with Crippen LogP contribution in [0.2, 0.25) is 0 Å². The van der Waals surface area contributed by atoms with Gasteiger partial charge in [-0.1, -0.05) is 0 Å². The Morgan fingerprint density at radius 2 is 1.80 bits per heavy atom. The van der Waals surface area contributed by atoms with Crippen LogP contribution in [0.4, 0.5) is 0 Å². The van der Waals surface area contributed by atoms with Crippen LogP contribution < -0.4 is 5.32 Å². The summed E-state index contributed by atoms with van der Waals surface area (Å²) < 4.78 is 5.37. The highest BCUT2D eigenvalue weighted by Gasteiger charge is 2.18. The van der Waals surface area contributed by atoms with Crippen molar-refractivity contribution in [2.45, 2.75) is 31.7 Å². The molecule has 0 aromatic carbocycles. The molecule has 0 aromatic heterocycles. The van der Waals surface area contributed by atoms with Crippen LogP contribution in [0.5, 0.6) is 0 Å². The number of likely N-dealkylation sites (tertiary alicyclic amines) is 1. The third-order valence-corrected chi connectivity index (χ3v) is 3.75. The van der Waals surface area contributed by atoms with Gasteiger partial charge in [-0.2, -0.15) is 0 Å². The normalized spacial score (nSPS) is 27.0. The largest absolute Gasteiger partial charge is 0.381 e. The van der Waals surface area contributed by atoms with Gasteiger partial charge in [-0.05, 0) is 58.3 Å². The van der Waals surface area contributed by atoms with Crippen LogP contribution >= 0.6 is 0 Å². The maximum absolute atomic E-state index is 5.37. The molecule has 0 aliphatic carbocycles. The van der Waals surface area contributed by atoms with Crippen molar-refractivity contribution in [3.8, 4) is 0 Å². The van der Waals surface area contributed by atoms with E-state index in [9.17, 15) is 0 Å². The Bertz CT molecular complexity index is 172. The number of nitrogens with one attached hydrogen (secondary N) is 1. The first-order valence-electron chi connectivity index (χ1n) is 6.34. The van der Waals surface area contributed by atoms with E-state index in [1.54, 1.807) is 0 Å². The van der Waals surface area contributed by atoms with Crippen molar-refractivity contribution in [1.29, 1.82) is 0 Å². The fourth-order valence-corrected chi connectivity index (χ4v) is 2.50. The Morgan fingerprint density at radius 1 is 1.13 bits per heavy atom. The quantitative estimate of drug-likeness (QED) is 0.758. The molecular weight excluding hydrogens is 188 g/mol. The first-order valence-corrected chi connectivity index (χ1v) is 6.34. The molecule has 88 valence electrons. The van der Waals surface area contributed by atoms with E-state index in [1.165, 1.54) is 45.3 Å². The molecular formula is C12H24N2O. The van der Waals surface area contributed by atoms with Gasteiger partial charge in [-0.15, -0.1) is 0 Å². The molecule has 0 saturated carbocycles. The predicted molar refractivity (Wildman–Crippen MR) is 62.1 cm³/mol.